The van der Waals surface area contributed by atoms with E-state index in [0.29, 0.717) is 12.1 Å². The first kappa shape index (κ1) is 15.8. The molecule has 0 aliphatic carbocycles. The van der Waals surface area contributed by atoms with Crippen LogP contribution in [0.15, 0.2) is 36.5 Å². The Kier molecular flexibility index (Phi) is 4.55. The molecule has 1 aromatic carbocycles. The molecule has 0 saturated carbocycles. The second kappa shape index (κ2) is 6.60. The van der Waals surface area contributed by atoms with Gasteiger partial charge in [-0.15, -0.1) is 0 Å². The maximum Gasteiger partial charge on any atom is 0.251 e. The molecule has 0 bridgehead atoms. The molecule has 0 radical (unpaired) electrons. The fourth-order valence-corrected chi connectivity index (χ4v) is 3.12. The summed E-state index contributed by atoms with van der Waals surface area (Å²) in [6.45, 7) is 2.61. The Bertz CT molecular complexity index is 853. The summed E-state index contributed by atoms with van der Waals surface area (Å²) < 4.78 is 0. The number of aromatic nitrogens is 2. The Hall–Kier alpha value is -2.04. The largest absolute Gasteiger partial charge is 0.361 e. The summed E-state index contributed by atoms with van der Waals surface area (Å²) in [5, 5.41) is 4.50. The molecule has 0 saturated heterocycles. The van der Waals surface area contributed by atoms with Gasteiger partial charge in [0, 0.05) is 29.2 Å². The van der Waals surface area contributed by atoms with Gasteiger partial charge in [-0.2, -0.15) is 0 Å². The van der Waals surface area contributed by atoms with Crippen LogP contribution in [0.2, 0.25) is 10.3 Å². The van der Waals surface area contributed by atoms with Crippen molar-refractivity contribution >= 4 is 40.0 Å². The van der Waals surface area contributed by atoms with E-state index in [0.717, 1.165) is 11.9 Å². The molecule has 4 nitrogen and oxygen atoms in total. The number of hydrogen-bond donors (Lipinski definition) is 2. The third-order valence-corrected chi connectivity index (χ3v) is 4.09. The van der Waals surface area contributed by atoms with Crippen molar-refractivity contribution in [3.05, 3.63) is 63.5 Å². The summed E-state index contributed by atoms with van der Waals surface area (Å²) in [4.78, 5) is 19.2. The van der Waals surface area contributed by atoms with Gasteiger partial charge in [0.25, 0.3) is 5.91 Å². The van der Waals surface area contributed by atoms with Crippen LogP contribution in [0, 0.1) is 6.92 Å². The van der Waals surface area contributed by atoms with Crippen LogP contribution in [0.4, 0.5) is 0 Å². The number of aromatic amines is 1. The van der Waals surface area contributed by atoms with Crippen molar-refractivity contribution in [2.75, 3.05) is 6.54 Å². The monoisotopic (exact) mass is 347 g/mol. The van der Waals surface area contributed by atoms with Crippen LogP contribution in [-0.2, 0) is 6.42 Å². The highest BCUT2D eigenvalue weighted by atomic mass is 35.5. The Morgan fingerprint density at radius 1 is 1.26 bits per heavy atom. The van der Waals surface area contributed by atoms with Crippen LogP contribution in [-0.4, -0.2) is 22.4 Å². The molecule has 0 spiro atoms. The molecule has 2 aromatic heterocycles. The minimum atomic E-state index is -0.215. The number of aryl methyl sites for hydroxylation is 1. The lowest BCUT2D eigenvalue weighted by molar-refractivity contribution is 0.0954. The number of fused-ring (bicyclic) bond motifs is 1. The lowest BCUT2D eigenvalue weighted by Gasteiger charge is -2.06. The average molecular weight is 348 g/mol. The Balaban J connectivity index is 1.68. The van der Waals surface area contributed by atoms with Crippen molar-refractivity contribution in [1.82, 2.24) is 15.3 Å². The minimum absolute atomic E-state index is 0.204. The topological polar surface area (TPSA) is 57.8 Å². The molecule has 0 atom stereocenters. The Labute approximate surface area is 143 Å². The first-order valence-corrected chi connectivity index (χ1v) is 7.97. The molecule has 0 aliphatic heterocycles. The predicted octanol–water partition coefficient (Wildman–Crippen LogP) is 4.15. The van der Waals surface area contributed by atoms with E-state index in [1.54, 1.807) is 0 Å². The zero-order valence-corrected chi connectivity index (χ0v) is 14.0. The van der Waals surface area contributed by atoms with E-state index in [-0.39, 0.29) is 16.2 Å². The van der Waals surface area contributed by atoms with Gasteiger partial charge in [-0.25, -0.2) is 4.98 Å². The van der Waals surface area contributed by atoms with Crippen LogP contribution in [0.25, 0.3) is 10.9 Å². The van der Waals surface area contributed by atoms with Gasteiger partial charge in [-0.05, 0) is 42.7 Å². The van der Waals surface area contributed by atoms with E-state index in [1.807, 2.05) is 18.3 Å². The van der Waals surface area contributed by atoms with E-state index in [9.17, 15) is 4.79 Å². The van der Waals surface area contributed by atoms with E-state index in [2.05, 4.69) is 28.3 Å². The first-order chi connectivity index (χ1) is 11.0. The van der Waals surface area contributed by atoms with E-state index >= 15 is 0 Å². The van der Waals surface area contributed by atoms with Crippen LogP contribution in [0.5, 0.6) is 0 Å². The van der Waals surface area contributed by atoms with Crippen molar-refractivity contribution in [1.29, 1.82) is 0 Å². The zero-order chi connectivity index (χ0) is 16.4. The molecule has 118 valence electrons. The second-order valence-corrected chi connectivity index (χ2v) is 6.09. The molecule has 1 amide bonds. The fraction of sp³-hybridized carbons (Fsp3) is 0.176. The van der Waals surface area contributed by atoms with Crippen molar-refractivity contribution in [3.8, 4) is 0 Å². The van der Waals surface area contributed by atoms with Gasteiger partial charge in [0.2, 0.25) is 0 Å². The van der Waals surface area contributed by atoms with Crippen molar-refractivity contribution in [3.63, 3.8) is 0 Å². The number of hydrogen-bond acceptors (Lipinski definition) is 2. The Morgan fingerprint density at radius 2 is 2.00 bits per heavy atom. The van der Waals surface area contributed by atoms with E-state index in [4.69, 9.17) is 23.2 Å². The average Bonchev–Trinajstić information content (AvgIpc) is 2.91. The highest BCUT2D eigenvalue weighted by molar-refractivity contribution is 6.33. The normalized spacial score (nSPS) is 10.9. The standard InChI is InChI=1S/C17H15Cl2N3O/c1-10-3-2-4-13-16(10)11(9-21-13)5-6-20-17(23)12-7-14(18)22-15(19)8-12/h2-4,7-9,21H,5-6H2,1H3,(H,20,23). The summed E-state index contributed by atoms with van der Waals surface area (Å²) in [5.74, 6) is -0.215. The van der Waals surface area contributed by atoms with Crippen LogP contribution in [0.1, 0.15) is 21.5 Å². The van der Waals surface area contributed by atoms with Gasteiger partial charge in [-0.1, -0.05) is 35.3 Å². The number of nitrogens with one attached hydrogen (secondary N) is 2. The third kappa shape index (κ3) is 3.49. The van der Waals surface area contributed by atoms with Gasteiger partial charge < -0.3 is 10.3 Å². The number of carbonyl (C=O) groups excluding carboxylic acids is 1. The maximum absolute atomic E-state index is 12.1. The maximum atomic E-state index is 12.1. The van der Waals surface area contributed by atoms with Gasteiger partial charge >= 0.3 is 0 Å². The smallest absolute Gasteiger partial charge is 0.251 e. The number of carbonyl (C=O) groups is 1. The lowest BCUT2D eigenvalue weighted by atomic mass is 10.1. The minimum Gasteiger partial charge on any atom is -0.361 e. The molecule has 6 heteroatoms. The zero-order valence-electron chi connectivity index (χ0n) is 12.5. The number of amides is 1. The molecular weight excluding hydrogens is 333 g/mol. The van der Waals surface area contributed by atoms with Gasteiger partial charge in [0.15, 0.2) is 0 Å². The van der Waals surface area contributed by atoms with E-state index < -0.39 is 0 Å². The summed E-state index contributed by atoms with van der Waals surface area (Å²) in [5.41, 5.74) is 3.92. The SMILES string of the molecule is Cc1cccc2[nH]cc(CCNC(=O)c3cc(Cl)nc(Cl)c3)c12. The van der Waals surface area contributed by atoms with Crippen LogP contribution in [0.3, 0.4) is 0 Å². The Morgan fingerprint density at radius 3 is 2.74 bits per heavy atom. The fourth-order valence-electron chi connectivity index (χ4n) is 2.66. The summed E-state index contributed by atoms with van der Waals surface area (Å²) >= 11 is 11.6. The quantitative estimate of drug-likeness (QED) is 0.696. The highest BCUT2D eigenvalue weighted by Gasteiger charge is 2.10. The van der Waals surface area contributed by atoms with Crippen molar-refractivity contribution in [2.45, 2.75) is 13.3 Å². The number of pyridine rings is 1. The molecule has 0 fully saturated rings. The number of benzene rings is 1. The predicted molar refractivity (Wildman–Crippen MR) is 93.3 cm³/mol. The lowest BCUT2D eigenvalue weighted by Crippen LogP contribution is -2.25. The van der Waals surface area contributed by atoms with Gasteiger partial charge in [0.1, 0.15) is 10.3 Å². The summed E-state index contributed by atoms with van der Waals surface area (Å²) in [6.07, 6.45) is 2.73. The van der Waals surface area contributed by atoms with Crippen molar-refractivity contribution < 1.29 is 4.79 Å². The molecule has 2 heterocycles. The first-order valence-electron chi connectivity index (χ1n) is 7.21. The summed E-state index contributed by atoms with van der Waals surface area (Å²) in [7, 11) is 0. The summed E-state index contributed by atoms with van der Waals surface area (Å²) in [6, 6.07) is 9.15. The molecule has 0 aliphatic rings. The molecular formula is C17H15Cl2N3O. The second-order valence-electron chi connectivity index (χ2n) is 5.32. The van der Waals surface area contributed by atoms with Gasteiger partial charge in [-0.3, -0.25) is 4.79 Å². The third-order valence-electron chi connectivity index (χ3n) is 3.70. The molecule has 2 N–H and O–H groups in total. The molecule has 3 rings (SSSR count). The molecule has 23 heavy (non-hydrogen) atoms. The van der Waals surface area contributed by atoms with Crippen LogP contribution >= 0.6 is 23.2 Å². The van der Waals surface area contributed by atoms with Gasteiger partial charge in [0.05, 0.1) is 0 Å². The van der Waals surface area contributed by atoms with E-state index in [1.165, 1.54) is 28.6 Å². The molecule has 0 unspecified atom stereocenters. The van der Waals surface area contributed by atoms with Crippen molar-refractivity contribution in [2.24, 2.45) is 0 Å². The number of rotatable bonds is 4. The number of H-pyrrole nitrogens is 1. The molecule has 3 aromatic rings. The number of nitrogens with zero attached hydrogens (tertiary/aromatic N) is 1. The highest BCUT2D eigenvalue weighted by Crippen LogP contribution is 2.22. The number of halogens is 2. The van der Waals surface area contributed by atoms with Crippen LogP contribution < -0.4 is 5.32 Å².